The second-order valence-corrected chi connectivity index (χ2v) is 3.10. The molecule has 1 amide bonds. The fraction of sp³-hybridized carbons (Fsp3) is 0.167. The number of nitrogens with one attached hydrogen (secondary N) is 1. The molecule has 0 aliphatic carbocycles. The van der Waals surface area contributed by atoms with Gasteiger partial charge in [0.25, 0.3) is 0 Å². The van der Waals surface area contributed by atoms with Crippen molar-refractivity contribution >= 4 is 12.2 Å². The smallest absolute Gasteiger partial charge is 0.217 e. The molecule has 0 aliphatic rings. The summed E-state index contributed by atoms with van der Waals surface area (Å²) in [6.07, 6.45) is 0.558. The molecule has 0 unspecified atom stereocenters. The van der Waals surface area contributed by atoms with E-state index in [1.807, 2.05) is 0 Å². The molecule has 0 spiro atoms. The summed E-state index contributed by atoms with van der Waals surface area (Å²) >= 11 is 0. The average molecular weight is 219 g/mol. The maximum absolute atomic E-state index is 13.0. The lowest BCUT2D eigenvalue weighted by Crippen LogP contribution is -2.19. The Morgan fingerprint density at radius 2 is 2.25 bits per heavy atom. The molecule has 0 aromatic heterocycles. The minimum atomic E-state index is -0.506. The maximum Gasteiger partial charge on any atom is 0.217 e. The SMILES string of the molecule is CC(=O)NCC#Cc1cc(F)cc(C=O)c1. The van der Waals surface area contributed by atoms with Gasteiger partial charge in [0.15, 0.2) is 0 Å². The largest absolute Gasteiger partial charge is 0.345 e. The summed E-state index contributed by atoms with van der Waals surface area (Å²) in [6, 6.07) is 3.84. The maximum atomic E-state index is 13.0. The van der Waals surface area contributed by atoms with E-state index in [1.54, 1.807) is 0 Å². The number of carbonyl (C=O) groups is 2. The standard InChI is InChI=1S/C12H10FNO2/c1-9(16)14-4-2-3-10-5-11(8-15)7-12(13)6-10/h5-8H,4H2,1H3,(H,14,16). The first kappa shape index (κ1) is 11.9. The number of halogens is 1. The highest BCUT2D eigenvalue weighted by atomic mass is 19.1. The third-order valence-electron chi connectivity index (χ3n) is 1.71. The monoisotopic (exact) mass is 219 g/mol. The minimum Gasteiger partial charge on any atom is -0.345 e. The molecule has 0 aliphatic heterocycles. The van der Waals surface area contributed by atoms with Crippen molar-refractivity contribution in [2.75, 3.05) is 6.54 Å². The molecule has 0 heterocycles. The molecule has 0 radical (unpaired) electrons. The molecule has 1 rings (SSSR count). The van der Waals surface area contributed by atoms with Crippen molar-refractivity contribution in [2.45, 2.75) is 6.92 Å². The van der Waals surface area contributed by atoms with E-state index in [2.05, 4.69) is 17.2 Å². The fourth-order valence-corrected chi connectivity index (χ4v) is 1.07. The summed E-state index contributed by atoms with van der Waals surface area (Å²) in [6.45, 7) is 1.58. The summed E-state index contributed by atoms with van der Waals surface area (Å²) in [4.78, 5) is 21.0. The Labute approximate surface area is 92.7 Å². The van der Waals surface area contributed by atoms with Gasteiger partial charge in [0.1, 0.15) is 12.1 Å². The van der Waals surface area contributed by atoms with E-state index in [0.717, 1.165) is 6.07 Å². The number of aldehydes is 1. The van der Waals surface area contributed by atoms with Gasteiger partial charge >= 0.3 is 0 Å². The van der Waals surface area contributed by atoms with Gasteiger partial charge in [0.2, 0.25) is 5.91 Å². The van der Waals surface area contributed by atoms with Gasteiger partial charge in [0.05, 0.1) is 6.54 Å². The highest BCUT2D eigenvalue weighted by Crippen LogP contribution is 2.06. The van der Waals surface area contributed by atoms with E-state index in [4.69, 9.17) is 0 Å². The molecule has 1 N–H and O–H groups in total. The van der Waals surface area contributed by atoms with Gasteiger partial charge < -0.3 is 5.32 Å². The van der Waals surface area contributed by atoms with E-state index >= 15 is 0 Å². The lowest BCUT2D eigenvalue weighted by Gasteiger charge is -1.95. The molecule has 1 aromatic rings. The van der Waals surface area contributed by atoms with E-state index in [1.165, 1.54) is 19.1 Å². The molecule has 0 saturated heterocycles. The van der Waals surface area contributed by atoms with Crippen LogP contribution < -0.4 is 5.32 Å². The topological polar surface area (TPSA) is 46.2 Å². The first-order chi connectivity index (χ1) is 7.61. The predicted octanol–water partition coefficient (Wildman–Crippen LogP) is 1.13. The number of hydrogen-bond acceptors (Lipinski definition) is 2. The third kappa shape index (κ3) is 3.93. The van der Waals surface area contributed by atoms with Crippen LogP contribution in [0.4, 0.5) is 4.39 Å². The van der Waals surface area contributed by atoms with Crippen LogP contribution in [0.3, 0.4) is 0 Å². The zero-order chi connectivity index (χ0) is 12.0. The normalized spacial score (nSPS) is 8.88. The number of benzene rings is 1. The Morgan fingerprint density at radius 3 is 2.88 bits per heavy atom. The number of amides is 1. The van der Waals surface area contributed by atoms with Crippen molar-refractivity contribution in [3.8, 4) is 11.8 Å². The van der Waals surface area contributed by atoms with Gasteiger partial charge in [-0.1, -0.05) is 11.8 Å². The van der Waals surface area contributed by atoms with Crippen LogP contribution in [-0.4, -0.2) is 18.7 Å². The van der Waals surface area contributed by atoms with Crippen molar-refractivity contribution in [3.05, 3.63) is 35.1 Å². The first-order valence-corrected chi connectivity index (χ1v) is 4.61. The number of carbonyl (C=O) groups excluding carboxylic acids is 2. The van der Waals surface area contributed by atoms with Crippen LogP contribution >= 0.6 is 0 Å². The molecular weight excluding hydrogens is 209 g/mol. The highest BCUT2D eigenvalue weighted by molar-refractivity contribution is 5.75. The van der Waals surface area contributed by atoms with Gasteiger partial charge in [-0.05, 0) is 18.2 Å². The molecule has 1 aromatic carbocycles. The molecule has 0 atom stereocenters. The predicted molar refractivity (Wildman–Crippen MR) is 57.3 cm³/mol. The summed E-state index contributed by atoms with van der Waals surface area (Å²) in [5.74, 6) is 4.61. The van der Waals surface area contributed by atoms with Gasteiger partial charge in [-0.15, -0.1) is 0 Å². The first-order valence-electron chi connectivity index (χ1n) is 4.61. The van der Waals surface area contributed by atoms with Crippen molar-refractivity contribution < 1.29 is 14.0 Å². The lowest BCUT2D eigenvalue weighted by molar-refractivity contribution is -0.118. The molecule has 82 valence electrons. The Kier molecular flexibility index (Phi) is 4.22. The molecule has 16 heavy (non-hydrogen) atoms. The van der Waals surface area contributed by atoms with Crippen LogP contribution in [0.5, 0.6) is 0 Å². The van der Waals surface area contributed by atoms with Crippen LogP contribution in [0, 0.1) is 17.7 Å². The van der Waals surface area contributed by atoms with Gasteiger partial charge in [-0.3, -0.25) is 9.59 Å². The second-order valence-electron chi connectivity index (χ2n) is 3.10. The van der Waals surface area contributed by atoms with E-state index < -0.39 is 5.82 Å². The fourth-order valence-electron chi connectivity index (χ4n) is 1.07. The van der Waals surface area contributed by atoms with E-state index in [0.29, 0.717) is 11.8 Å². The summed E-state index contributed by atoms with van der Waals surface area (Å²) in [5, 5.41) is 2.48. The summed E-state index contributed by atoms with van der Waals surface area (Å²) in [5.41, 5.74) is 0.649. The molecule has 0 bridgehead atoms. The van der Waals surface area contributed by atoms with E-state index in [9.17, 15) is 14.0 Å². The molecule has 4 heteroatoms. The molecule has 0 fully saturated rings. The van der Waals surface area contributed by atoms with Crippen LogP contribution in [0.2, 0.25) is 0 Å². The molecular formula is C12H10FNO2. The zero-order valence-corrected chi connectivity index (χ0v) is 8.71. The van der Waals surface area contributed by atoms with Gasteiger partial charge in [-0.25, -0.2) is 4.39 Å². The number of hydrogen-bond donors (Lipinski definition) is 1. The minimum absolute atomic E-state index is 0.179. The average Bonchev–Trinajstić information content (AvgIpc) is 2.23. The summed E-state index contributed by atoms with van der Waals surface area (Å²) < 4.78 is 13.0. The third-order valence-corrected chi connectivity index (χ3v) is 1.71. The van der Waals surface area contributed by atoms with E-state index in [-0.39, 0.29) is 18.0 Å². The highest BCUT2D eigenvalue weighted by Gasteiger charge is 1.97. The summed E-state index contributed by atoms with van der Waals surface area (Å²) in [7, 11) is 0. The molecule has 3 nitrogen and oxygen atoms in total. The van der Waals surface area contributed by atoms with Crippen LogP contribution in [0.1, 0.15) is 22.8 Å². The second kappa shape index (κ2) is 5.66. The van der Waals surface area contributed by atoms with Crippen LogP contribution in [0.25, 0.3) is 0 Å². The van der Waals surface area contributed by atoms with Gasteiger partial charge in [0, 0.05) is 18.1 Å². The Morgan fingerprint density at radius 1 is 1.50 bits per heavy atom. The number of rotatable bonds is 2. The van der Waals surface area contributed by atoms with Crippen molar-refractivity contribution in [1.29, 1.82) is 0 Å². The van der Waals surface area contributed by atoms with Crippen molar-refractivity contribution in [1.82, 2.24) is 5.32 Å². The van der Waals surface area contributed by atoms with Crippen LogP contribution in [0.15, 0.2) is 18.2 Å². The van der Waals surface area contributed by atoms with Gasteiger partial charge in [-0.2, -0.15) is 0 Å². The quantitative estimate of drug-likeness (QED) is 0.598. The van der Waals surface area contributed by atoms with Crippen LogP contribution in [-0.2, 0) is 4.79 Å². The van der Waals surface area contributed by atoms with Crippen molar-refractivity contribution in [3.63, 3.8) is 0 Å². The van der Waals surface area contributed by atoms with Crippen molar-refractivity contribution in [2.24, 2.45) is 0 Å². The lowest BCUT2D eigenvalue weighted by atomic mass is 10.1. The zero-order valence-electron chi connectivity index (χ0n) is 8.71. The Hall–Kier alpha value is -2.15. The Balaban J connectivity index is 2.76. The molecule has 0 saturated carbocycles. The Bertz CT molecular complexity index is 472.